The highest BCUT2D eigenvalue weighted by Crippen LogP contribution is 2.11. The lowest BCUT2D eigenvalue weighted by molar-refractivity contribution is -0.113. The van der Waals surface area contributed by atoms with Gasteiger partial charge in [-0.15, -0.1) is 11.6 Å². The zero-order chi connectivity index (χ0) is 12.8. The van der Waals surface area contributed by atoms with E-state index in [1.54, 1.807) is 38.1 Å². The summed E-state index contributed by atoms with van der Waals surface area (Å²) in [6, 6.07) is 6.44. The van der Waals surface area contributed by atoms with Gasteiger partial charge in [0.1, 0.15) is 5.88 Å². The van der Waals surface area contributed by atoms with Crippen molar-refractivity contribution in [1.29, 1.82) is 0 Å². The lowest BCUT2D eigenvalue weighted by Crippen LogP contribution is -2.13. The van der Waals surface area contributed by atoms with E-state index >= 15 is 0 Å². The van der Waals surface area contributed by atoms with E-state index < -0.39 is 0 Å². The third-order valence-corrected chi connectivity index (χ3v) is 2.11. The van der Waals surface area contributed by atoms with Gasteiger partial charge in [-0.25, -0.2) is 4.79 Å². The fourth-order valence-electron chi connectivity index (χ4n) is 1.17. The van der Waals surface area contributed by atoms with Gasteiger partial charge in [-0.1, -0.05) is 0 Å². The van der Waals surface area contributed by atoms with Gasteiger partial charge in [0.2, 0.25) is 5.91 Å². The molecule has 0 aromatic heterocycles. The van der Waals surface area contributed by atoms with Crippen molar-refractivity contribution in [2.75, 3.05) is 11.2 Å². The number of carbonyl (C=O) groups excluding carboxylic acids is 2. The fourth-order valence-corrected chi connectivity index (χ4v) is 1.23. The van der Waals surface area contributed by atoms with Crippen LogP contribution in [-0.2, 0) is 9.53 Å². The summed E-state index contributed by atoms with van der Waals surface area (Å²) in [6.07, 6.45) is -0.155. The standard InChI is InChI=1S/C12H14ClNO3/c1-8(2)17-12(16)9-3-5-10(6-4-9)14-11(15)7-13/h3-6,8H,7H2,1-2H3,(H,14,15). The second kappa shape index (κ2) is 6.25. The summed E-state index contributed by atoms with van der Waals surface area (Å²) in [6.45, 7) is 3.57. The largest absolute Gasteiger partial charge is 0.459 e. The van der Waals surface area contributed by atoms with Crippen molar-refractivity contribution in [2.45, 2.75) is 20.0 Å². The van der Waals surface area contributed by atoms with Crippen molar-refractivity contribution in [2.24, 2.45) is 0 Å². The lowest BCUT2D eigenvalue weighted by Gasteiger charge is -2.08. The van der Waals surface area contributed by atoms with Crippen molar-refractivity contribution < 1.29 is 14.3 Å². The van der Waals surface area contributed by atoms with Crippen LogP contribution in [0.1, 0.15) is 24.2 Å². The monoisotopic (exact) mass is 255 g/mol. The SMILES string of the molecule is CC(C)OC(=O)c1ccc(NC(=O)CCl)cc1. The number of anilines is 1. The predicted molar refractivity (Wildman–Crippen MR) is 66.3 cm³/mol. The predicted octanol–water partition coefficient (Wildman–Crippen LogP) is 2.43. The van der Waals surface area contributed by atoms with Gasteiger partial charge in [-0.3, -0.25) is 4.79 Å². The zero-order valence-corrected chi connectivity index (χ0v) is 10.5. The Bertz CT molecular complexity index is 401. The molecule has 1 aromatic rings. The van der Waals surface area contributed by atoms with Gasteiger partial charge in [0.05, 0.1) is 11.7 Å². The van der Waals surface area contributed by atoms with Crippen LogP contribution in [0.15, 0.2) is 24.3 Å². The molecular weight excluding hydrogens is 242 g/mol. The summed E-state index contributed by atoms with van der Waals surface area (Å²) < 4.78 is 5.03. The number of alkyl halides is 1. The highest BCUT2D eigenvalue weighted by atomic mass is 35.5. The van der Waals surface area contributed by atoms with Crippen LogP contribution in [0.2, 0.25) is 0 Å². The number of carbonyl (C=O) groups is 2. The third-order valence-electron chi connectivity index (χ3n) is 1.87. The van der Waals surface area contributed by atoms with E-state index in [-0.39, 0.29) is 23.9 Å². The molecule has 1 rings (SSSR count). The molecule has 0 fully saturated rings. The number of benzene rings is 1. The molecule has 0 spiro atoms. The van der Waals surface area contributed by atoms with Crippen LogP contribution in [0.4, 0.5) is 5.69 Å². The third kappa shape index (κ3) is 4.44. The Morgan fingerprint density at radius 3 is 2.35 bits per heavy atom. The second-order valence-corrected chi connectivity index (χ2v) is 3.98. The van der Waals surface area contributed by atoms with Crippen LogP contribution >= 0.6 is 11.6 Å². The Morgan fingerprint density at radius 2 is 1.88 bits per heavy atom. The van der Waals surface area contributed by atoms with Crippen LogP contribution in [-0.4, -0.2) is 23.9 Å². The summed E-state index contributed by atoms with van der Waals surface area (Å²) in [5, 5.41) is 2.58. The van der Waals surface area contributed by atoms with Gasteiger partial charge in [0.15, 0.2) is 0 Å². The van der Waals surface area contributed by atoms with Crippen molar-refractivity contribution in [3.05, 3.63) is 29.8 Å². The van der Waals surface area contributed by atoms with Gasteiger partial charge < -0.3 is 10.1 Å². The number of esters is 1. The average Bonchev–Trinajstić information content (AvgIpc) is 2.28. The fraction of sp³-hybridized carbons (Fsp3) is 0.333. The highest BCUT2D eigenvalue weighted by Gasteiger charge is 2.09. The maximum Gasteiger partial charge on any atom is 0.338 e. The average molecular weight is 256 g/mol. The molecule has 5 heteroatoms. The topological polar surface area (TPSA) is 55.4 Å². The smallest absolute Gasteiger partial charge is 0.338 e. The zero-order valence-electron chi connectivity index (χ0n) is 9.70. The lowest BCUT2D eigenvalue weighted by atomic mass is 10.2. The van der Waals surface area contributed by atoms with E-state index in [4.69, 9.17) is 16.3 Å². The number of rotatable bonds is 4. The molecule has 0 saturated heterocycles. The number of nitrogens with one attached hydrogen (secondary N) is 1. The van der Waals surface area contributed by atoms with Crippen molar-refractivity contribution in [1.82, 2.24) is 0 Å². The molecule has 17 heavy (non-hydrogen) atoms. The molecule has 92 valence electrons. The van der Waals surface area contributed by atoms with E-state index in [0.29, 0.717) is 11.3 Å². The summed E-state index contributed by atoms with van der Waals surface area (Å²) in [5.74, 6) is -0.767. The quantitative estimate of drug-likeness (QED) is 0.664. The molecular formula is C12H14ClNO3. The molecule has 1 amide bonds. The van der Waals surface area contributed by atoms with Gasteiger partial charge in [0, 0.05) is 5.69 Å². The van der Waals surface area contributed by atoms with Crippen LogP contribution < -0.4 is 5.32 Å². The number of hydrogen-bond donors (Lipinski definition) is 1. The first-order valence-electron chi connectivity index (χ1n) is 5.19. The number of halogens is 1. The van der Waals surface area contributed by atoms with Gasteiger partial charge >= 0.3 is 5.97 Å². The Morgan fingerprint density at radius 1 is 1.29 bits per heavy atom. The summed E-state index contributed by atoms with van der Waals surface area (Å²) in [4.78, 5) is 22.5. The molecule has 0 unspecified atom stereocenters. The summed E-state index contributed by atoms with van der Waals surface area (Å²) in [7, 11) is 0. The second-order valence-electron chi connectivity index (χ2n) is 3.71. The van der Waals surface area contributed by atoms with E-state index in [9.17, 15) is 9.59 Å². The number of hydrogen-bond acceptors (Lipinski definition) is 3. The van der Waals surface area contributed by atoms with Gasteiger partial charge in [-0.05, 0) is 38.1 Å². The van der Waals surface area contributed by atoms with E-state index in [2.05, 4.69) is 5.32 Å². The van der Waals surface area contributed by atoms with Crippen LogP contribution in [0.5, 0.6) is 0 Å². The normalized spacial score (nSPS) is 10.1. The summed E-state index contributed by atoms with van der Waals surface area (Å²) in [5.41, 5.74) is 1.04. The minimum Gasteiger partial charge on any atom is -0.459 e. The molecule has 0 radical (unpaired) electrons. The van der Waals surface area contributed by atoms with Crippen LogP contribution in [0.3, 0.4) is 0 Å². The number of ether oxygens (including phenoxy) is 1. The first-order valence-corrected chi connectivity index (χ1v) is 5.73. The molecule has 0 saturated carbocycles. The van der Waals surface area contributed by atoms with Gasteiger partial charge in [0.25, 0.3) is 0 Å². The molecule has 0 aliphatic rings. The highest BCUT2D eigenvalue weighted by molar-refractivity contribution is 6.29. The van der Waals surface area contributed by atoms with Crippen LogP contribution in [0.25, 0.3) is 0 Å². The van der Waals surface area contributed by atoms with E-state index in [0.717, 1.165) is 0 Å². The Kier molecular flexibility index (Phi) is 4.97. The maximum absolute atomic E-state index is 11.5. The molecule has 0 aliphatic carbocycles. The van der Waals surface area contributed by atoms with Crippen molar-refractivity contribution in [3.8, 4) is 0 Å². The molecule has 0 bridgehead atoms. The van der Waals surface area contributed by atoms with Crippen molar-refractivity contribution >= 4 is 29.2 Å². The Labute approximate surface area is 105 Å². The Balaban J connectivity index is 2.67. The minimum atomic E-state index is -0.379. The maximum atomic E-state index is 11.5. The first-order chi connectivity index (χ1) is 8.02. The molecule has 1 N–H and O–H groups in total. The first kappa shape index (κ1) is 13.5. The van der Waals surface area contributed by atoms with Crippen LogP contribution in [0, 0.1) is 0 Å². The number of amides is 1. The molecule has 4 nitrogen and oxygen atoms in total. The van der Waals surface area contributed by atoms with Crippen molar-refractivity contribution in [3.63, 3.8) is 0 Å². The van der Waals surface area contributed by atoms with Gasteiger partial charge in [-0.2, -0.15) is 0 Å². The van der Waals surface area contributed by atoms with E-state index in [1.165, 1.54) is 0 Å². The van der Waals surface area contributed by atoms with E-state index in [1.807, 2.05) is 0 Å². The molecule has 0 heterocycles. The summed E-state index contributed by atoms with van der Waals surface area (Å²) >= 11 is 5.35. The minimum absolute atomic E-state index is 0.100. The molecule has 0 atom stereocenters. The molecule has 1 aromatic carbocycles. The Hall–Kier alpha value is -1.55. The molecule has 0 aliphatic heterocycles.